The Hall–Kier alpha value is -4.88. The molecule has 1 saturated heterocycles. The summed E-state index contributed by atoms with van der Waals surface area (Å²) in [4.78, 5) is 65.5. The minimum absolute atomic E-state index is 0.00866. The molecule has 2 aromatic rings. The second kappa shape index (κ2) is 16.2. The van der Waals surface area contributed by atoms with Gasteiger partial charge in [-0.25, -0.2) is 23.2 Å². The molecule has 6 rings (SSSR count). The van der Waals surface area contributed by atoms with E-state index >= 15 is 0 Å². The highest BCUT2D eigenvalue weighted by Crippen LogP contribution is 2.48. The van der Waals surface area contributed by atoms with Crippen LogP contribution in [-0.4, -0.2) is 102 Å². The maximum absolute atomic E-state index is 14.8. The highest BCUT2D eigenvalue weighted by Gasteiger charge is 2.63. The minimum atomic E-state index is -4.87. The van der Waals surface area contributed by atoms with E-state index in [2.05, 4.69) is 25.3 Å². The van der Waals surface area contributed by atoms with Crippen molar-refractivity contribution in [2.45, 2.75) is 127 Å². The summed E-state index contributed by atoms with van der Waals surface area (Å²) in [5.74, 6) is -3.97. The topological polar surface area (TPSA) is 204 Å². The number of nitrogens with zero attached hydrogens (tertiary/aromatic N) is 3. The van der Waals surface area contributed by atoms with Crippen LogP contribution in [0.4, 0.5) is 18.0 Å². The van der Waals surface area contributed by atoms with E-state index in [4.69, 9.17) is 18.9 Å². The van der Waals surface area contributed by atoms with Crippen molar-refractivity contribution in [1.29, 1.82) is 0 Å². The summed E-state index contributed by atoms with van der Waals surface area (Å²) in [5.41, 5.74) is -4.07. The van der Waals surface area contributed by atoms with Crippen LogP contribution >= 0.6 is 0 Å². The molecule has 3 N–H and O–H groups in total. The van der Waals surface area contributed by atoms with Crippen LogP contribution in [-0.2, 0) is 35.3 Å². The first-order valence-electron chi connectivity index (χ1n) is 19.9. The van der Waals surface area contributed by atoms with Crippen molar-refractivity contribution in [2.24, 2.45) is 17.8 Å². The summed E-state index contributed by atoms with van der Waals surface area (Å²) in [6, 6.07) is 0.0438. The van der Waals surface area contributed by atoms with Crippen molar-refractivity contribution in [3.8, 4) is 17.4 Å². The van der Waals surface area contributed by atoms with E-state index in [1.54, 1.807) is 33.8 Å². The Morgan fingerprint density at radius 2 is 1.67 bits per heavy atom. The molecule has 2 aliphatic carbocycles. The number of carbonyl (C=O) groups is 4. The number of sulfonamides is 1. The van der Waals surface area contributed by atoms with Crippen LogP contribution in [0.5, 0.6) is 17.4 Å². The molecule has 4 aliphatic rings. The zero-order chi connectivity index (χ0) is 44.2. The Bertz CT molecular complexity index is 2180. The second-order valence-electron chi connectivity index (χ2n) is 17.7. The fourth-order valence-electron chi connectivity index (χ4n) is 7.84. The van der Waals surface area contributed by atoms with Gasteiger partial charge in [0, 0.05) is 24.5 Å². The van der Waals surface area contributed by atoms with Crippen LogP contribution in [0.15, 0.2) is 24.3 Å². The quantitative estimate of drug-likeness (QED) is 0.307. The predicted molar refractivity (Wildman–Crippen MR) is 210 cm³/mol. The summed E-state index contributed by atoms with van der Waals surface area (Å²) in [6.45, 7) is 10.2. The van der Waals surface area contributed by atoms with Gasteiger partial charge in [0.1, 0.15) is 29.3 Å². The first-order chi connectivity index (χ1) is 27.9. The molecule has 2 aliphatic heterocycles. The van der Waals surface area contributed by atoms with Crippen molar-refractivity contribution in [3.05, 3.63) is 30.0 Å². The number of nitrogens with one attached hydrogen (secondary N) is 3. The smallest absolute Gasteiger partial charge is 0.438 e. The van der Waals surface area contributed by atoms with E-state index < -0.39 is 97.5 Å². The van der Waals surface area contributed by atoms with Crippen molar-refractivity contribution in [1.82, 2.24) is 30.2 Å². The molecule has 1 aromatic carbocycles. The van der Waals surface area contributed by atoms with E-state index in [9.17, 15) is 40.8 Å². The predicted octanol–water partition coefficient (Wildman–Crippen LogP) is 4.79. The third kappa shape index (κ3) is 9.37. The Labute approximate surface area is 346 Å². The van der Waals surface area contributed by atoms with Crippen molar-refractivity contribution in [3.63, 3.8) is 0 Å². The number of ether oxygens (including phenoxy) is 4. The third-order valence-corrected chi connectivity index (χ3v) is 13.8. The zero-order valence-electron chi connectivity index (χ0n) is 34.9. The normalized spacial score (nSPS) is 28.8. The Balaban J connectivity index is 1.37. The lowest BCUT2D eigenvalue weighted by atomic mass is 9.88. The number of aromatic nitrogens is 2. The van der Waals surface area contributed by atoms with Gasteiger partial charge in [0.05, 0.1) is 36.5 Å². The summed E-state index contributed by atoms with van der Waals surface area (Å²) in [5, 5.41) is 5.55. The summed E-state index contributed by atoms with van der Waals surface area (Å²) >= 11 is 0. The van der Waals surface area contributed by atoms with Gasteiger partial charge < -0.3 is 34.5 Å². The number of methoxy groups -OCH3 is 2. The van der Waals surface area contributed by atoms with Gasteiger partial charge in [-0.1, -0.05) is 26.0 Å². The second-order valence-corrected chi connectivity index (χ2v) is 19.9. The van der Waals surface area contributed by atoms with Gasteiger partial charge >= 0.3 is 12.3 Å². The molecule has 0 radical (unpaired) electrons. The Kier molecular flexibility index (Phi) is 12.1. The van der Waals surface area contributed by atoms with Gasteiger partial charge in [-0.05, 0) is 78.1 Å². The van der Waals surface area contributed by atoms with E-state index in [1.165, 1.54) is 24.1 Å². The summed E-state index contributed by atoms with van der Waals surface area (Å²) in [6.07, 6.45) is -0.434. The van der Waals surface area contributed by atoms with Crippen LogP contribution in [0.25, 0.3) is 11.0 Å². The minimum Gasteiger partial charge on any atom is -0.493 e. The monoisotopic (exact) mass is 866 g/mol. The van der Waals surface area contributed by atoms with E-state index in [0.717, 1.165) is 7.11 Å². The molecule has 0 bridgehead atoms. The van der Waals surface area contributed by atoms with Crippen molar-refractivity contribution >= 4 is 44.9 Å². The van der Waals surface area contributed by atoms with Crippen molar-refractivity contribution < 1.29 is 59.7 Å². The van der Waals surface area contributed by atoms with Crippen LogP contribution in [0.3, 0.4) is 0 Å². The van der Waals surface area contributed by atoms with Crippen LogP contribution < -0.4 is 29.6 Å². The number of benzene rings is 1. The number of allylic oxidation sites excluding steroid dienone is 1. The third-order valence-electron chi connectivity index (χ3n) is 11.6. The Morgan fingerprint density at radius 1 is 1.00 bits per heavy atom. The fraction of sp³-hybridized carbons (Fsp3) is 0.650. The number of carbonyl (C=O) groups excluding carboxylic acids is 4. The highest BCUT2D eigenvalue weighted by molar-refractivity contribution is 7.91. The maximum Gasteiger partial charge on any atom is 0.438 e. The van der Waals surface area contributed by atoms with Gasteiger partial charge in [-0.15, -0.1) is 0 Å². The lowest BCUT2D eigenvalue weighted by Crippen LogP contribution is -2.59. The van der Waals surface area contributed by atoms with Gasteiger partial charge in [0.25, 0.3) is 5.91 Å². The molecule has 4 amide bonds. The maximum atomic E-state index is 14.8. The molecule has 60 heavy (non-hydrogen) atoms. The molecule has 16 nitrogen and oxygen atoms in total. The molecular formula is C40H53F3N6O10S. The van der Waals surface area contributed by atoms with Gasteiger partial charge in [-0.2, -0.15) is 13.2 Å². The average Bonchev–Trinajstić information content (AvgIpc) is 4.03. The van der Waals surface area contributed by atoms with E-state index in [-0.39, 0.29) is 47.8 Å². The summed E-state index contributed by atoms with van der Waals surface area (Å²) in [7, 11) is -1.78. The lowest BCUT2D eigenvalue weighted by Gasteiger charge is -2.33. The van der Waals surface area contributed by atoms with Crippen LogP contribution in [0, 0.1) is 17.8 Å². The largest absolute Gasteiger partial charge is 0.493 e. The van der Waals surface area contributed by atoms with E-state index in [0.29, 0.717) is 32.1 Å². The average molecular weight is 867 g/mol. The molecule has 3 fully saturated rings. The number of rotatable bonds is 8. The highest BCUT2D eigenvalue weighted by atomic mass is 32.2. The van der Waals surface area contributed by atoms with Crippen molar-refractivity contribution in [2.75, 3.05) is 20.8 Å². The molecular weight excluding hydrogens is 814 g/mol. The number of alkyl halides is 3. The number of hydrogen-bond acceptors (Lipinski definition) is 12. The molecule has 330 valence electrons. The Morgan fingerprint density at radius 3 is 2.28 bits per heavy atom. The zero-order valence-corrected chi connectivity index (χ0v) is 35.7. The molecule has 1 aromatic heterocycles. The first-order valence-corrected chi connectivity index (χ1v) is 21.4. The van der Waals surface area contributed by atoms with Crippen LogP contribution in [0.1, 0.15) is 92.2 Å². The number of fused-ring (bicyclic) bond motifs is 3. The number of hydrogen-bond donors (Lipinski definition) is 3. The number of alkyl carbamates (subject to hydrolysis) is 1. The van der Waals surface area contributed by atoms with Gasteiger partial charge in [-0.3, -0.25) is 19.1 Å². The standard InChI is InChI=1S/C40H53F3N6O10S/c1-21-11-9-10-12-23-19-39(23,35(52)48-60(54,55)38(6)13-14-38)47-32(50)27-16-24(20-49(27)34(51)30(22(2)15-21)46-36(53)59-37(3,4)5)58-29-18-26-25(17-28(29)56-7)44-31(40(41,42)43)33(45-26)57-8/h10,12,17-18,21-24,27,30H,9,11,13-16,19-20H2,1-8H3,(H,46,53)(H,47,50)(H,48,52)/b12-10-/t21-,22-,23?,24-,27+,30+,39-/m1/s1. The number of amides is 4. The van der Waals surface area contributed by atoms with Gasteiger partial charge in [0.15, 0.2) is 11.5 Å². The molecule has 0 spiro atoms. The molecule has 1 unspecified atom stereocenters. The van der Waals surface area contributed by atoms with Crippen LogP contribution in [0.2, 0.25) is 0 Å². The SMILES string of the molecule is COc1cc2nc(C(F)(F)F)c(OC)nc2cc1O[C@@H]1C[C@H]2C(=O)N[C@]3(C(=O)NS(=O)(=O)C4(C)CC4)CC3/C=C\CC[C@@H](C)C[C@@H](C)[C@H](NC(=O)OC(C)(C)C)C(=O)N2C1. The van der Waals surface area contributed by atoms with E-state index in [1.807, 2.05) is 19.9 Å². The molecule has 7 atom stereocenters. The van der Waals surface area contributed by atoms with Gasteiger partial charge in [0.2, 0.25) is 33.4 Å². The fourth-order valence-corrected chi connectivity index (χ4v) is 9.15. The molecule has 20 heteroatoms. The summed E-state index contributed by atoms with van der Waals surface area (Å²) < 4.78 is 91.0. The molecule has 2 saturated carbocycles. The lowest BCUT2D eigenvalue weighted by molar-refractivity contribution is -0.142. The first kappa shape index (κ1) is 44.7. The number of halogens is 3. The molecule has 3 heterocycles.